The SMILES string of the molecule is Cc1ccc(-c2noc(CCC(=O)N3CCC(C(=O)NCC(C)(C)CN(C)C)CC3)n2)cc1F. The molecule has 0 radical (unpaired) electrons. The average molecular weight is 474 g/mol. The van der Waals surface area contributed by atoms with Gasteiger partial charge in [-0.15, -0.1) is 0 Å². The maximum atomic E-state index is 13.8. The third kappa shape index (κ3) is 7.09. The lowest BCUT2D eigenvalue weighted by Crippen LogP contribution is -2.46. The first-order valence-corrected chi connectivity index (χ1v) is 11.8. The average Bonchev–Trinajstić information content (AvgIpc) is 3.26. The van der Waals surface area contributed by atoms with E-state index in [4.69, 9.17) is 4.52 Å². The van der Waals surface area contributed by atoms with Crippen LogP contribution >= 0.6 is 0 Å². The number of amides is 2. The second-order valence-electron chi connectivity index (χ2n) is 10.3. The van der Waals surface area contributed by atoms with E-state index in [1.165, 1.54) is 6.07 Å². The van der Waals surface area contributed by atoms with Crippen LogP contribution in [-0.4, -0.2) is 72.0 Å². The summed E-state index contributed by atoms with van der Waals surface area (Å²) in [5.74, 6) is 0.346. The molecule has 1 aromatic heterocycles. The summed E-state index contributed by atoms with van der Waals surface area (Å²) in [7, 11) is 4.05. The lowest BCUT2D eigenvalue weighted by molar-refractivity contribution is -0.135. The van der Waals surface area contributed by atoms with Gasteiger partial charge in [-0.25, -0.2) is 4.39 Å². The second-order valence-corrected chi connectivity index (χ2v) is 10.3. The van der Waals surface area contributed by atoms with Gasteiger partial charge >= 0.3 is 0 Å². The van der Waals surface area contributed by atoms with Crippen molar-refractivity contribution in [3.8, 4) is 11.4 Å². The van der Waals surface area contributed by atoms with Gasteiger partial charge in [0, 0.05) is 50.5 Å². The van der Waals surface area contributed by atoms with Crippen molar-refractivity contribution in [1.29, 1.82) is 0 Å². The molecule has 8 nitrogen and oxygen atoms in total. The third-order valence-corrected chi connectivity index (χ3v) is 6.15. The topological polar surface area (TPSA) is 91.6 Å². The van der Waals surface area contributed by atoms with Gasteiger partial charge in [0.2, 0.25) is 23.5 Å². The number of aryl methyl sites for hydroxylation is 2. The smallest absolute Gasteiger partial charge is 0.227 e. The van der Waals surface area contributed by atoms with Crippen LogP contribution in [0.5, 0.6) is 0 Å². The van der Waals surface area contributed by atoms with Gasteiger partial charge in [0.25, 0.3) is 0 Å². The normalized spacial score (nSPS) is 15.1. The fraction of sp³-hybridized carbons (Fsp3) is 0.600. The number of likely N-dealkylation sites (tertiary alicyclic amines) is 1. The monoisotopic (exact) mass is 473 g/mol. The van der Waals surface area contributed by atoms with Crippen molar-refractivity contribution < 1.29 is 18.5 Å². The molecule has 1 aliphatic heterocycles. The highest BCUT2D eigenvalue weighted by Crippen LogP contribution is 2.22. The van der Waals surface area contributed by atoms with E-state index in [1.807, 2.05) is 14.1 Å². The van der Waals surface area contributed by atoms with E-state index in [0.717, 1.165) is 6.54 Å². The fourth-order valence-corrected chi connectivity index (χ4v) is 4.35. The molecule has 0 spiro atoms. The molecule has 2 heterocycles. The highest BCUT2D eigenvalue weighted by atomic mass is 19.1. The Kier molecular flexibility index (Phi) is 8.41. The Balaban J connectivity index is 1.42. The zero-order chi connectivity index (χ0) is 24.9. The summed E-state index contributed by atoms with van der Waals surface area (Å²) in [6.45, 7) is 8.62. The summed E-state index contributed by atoms with van der Waals surface area (Å²) < 4.78 is 19.0. The fourth-order valence-electron chi connectivity index (χ4n) is 4.35. The molecule has 0 atom stereocenters. The van der Waals surface area contributed by atoms with Crippen molar-refractivity contribution in [1.82, 2.24) is 25.3 Å². The maximum absolute atomic E-state index is 13.8. The van der Waals surface area contributed by atoms with Gasteiger partial charge in [0.15, 0.2) is 0 Å². The Morgan fingerprint density at radius 2 is 1.97 bits per heavy atom. The number of nitrogens with zero attached hydrogens (tertiary/aromatic N) is 4. The van der Waals surface area contributed by atoms with Crippen LogP contribution in [-0.2, 0) is 16.0 Å². The number of piperidine rings is 1. The summed E-state index contributed by atoms with van der Waals surface area (Å²) >= 11 is 0. The Morgan fingerprint density at radius 3 is 2.62 bits per heavy atom. The number of aromatic nitrogens is 2. The molecule has 186 valence electrons. The van der Waals surface area contributed by atoms with E-state index < -0.39 is 0 Å². The van der Waals surface area contributed by atoms with E-state index in [0.29, 0.717) is 61.7 Å². The van der Waals surface area contributed by atoms with Crippen molar-refractivity contribution in [3.05, 3.63) is 35.5 Å². The highest BCUT2D eigenvalue weighted by molar-refractivity contribution is 5.80. The molecule has 0 saturated carbocycles. The van der Waals surface area contributed by atoms with Crippen LogP contribution in [0.1, 0.15) is 44.6 Å². The standard InChI is InChI=1S/C25H36FN5O3/c1-17-6-7-19(14-20(17)26)23-28-21(34-29-23)8-9-22(32)31-12-10-18(11-13-31)24(33)27-15-25(2,3)16-30(4)5/h6-7,14,18H,8-13,15-16H2,1-5H3,(H,27,33). The van der Waals surface area contributed by atoms with Gasteiger partial charge in [0.05, 0.1) is 0 Å². The minimum atomic E-state index is -0.326. The molecule has 9 heteroatoms. The third-order valence-electron chi connectivity index (χ3n) is 6.15. The first kappa shape index (κ1) is 25.8. The molecule has 2 aromatic rings. The van der Waals surface area contributed by atoms with E-state index in [9.17, 15) is 14.0 Å². The van der Waals surface area contributed by atoms with Crippen LogP contribution in [0.2, 0.25) is 0 Å². The molecule has 1 N–H and O–H groups in total. The van der Waals surface area contributed by atoms with E-state index in [1.54, 1.807) is 24.0 Å². The van der Waals surface area contributed by atoms with Crippen molar-refractivity contribution in [2.45, 2.75) is 46.5 Å². The Hall–Kier alpha value is -2.81. The molecule has 0 bridgehead atoms. The predicted molar refractivity (Wildman–Crippen MR) is 127 cm³/mol. The number of carbonyl (C=O) groups is 2. The van der Waals surface area contributed by atoms with Gasteiger partial charge in [-0.1, -0.05) is 31.1 Å². The highest BCUT2D eigenvalue weighted by Gasteiger charge is 2.29. The molecule has 0 unspecified atom stereocenters. The first-order chi connectivity index (χ1) is 16.0. The van der Waals surface area contributed by atoms with Crippen LogP contribution in [0, 0.1) is 24.1 Å². The number of hydrogen-bond acceptors (Lipinski definition) is 6. The molecule has 3 rings (SSSR count). The predicted octanol–water partition coefficient (Wildman–Crippen LogP) is 3.06. The molecule has 1 aliphatic rings. The summed E-state index contributed by atoms with van der Waals surface area (Å²) in [5.41, 5.74) is 1.08. The second kappa shape index (κ2) is 11.1. The molecule has 34 heavy (non-hydrogen) atoms. The Bertz CT molecular complexity index is 996. The van der Waals surface area contributed by atoms with Crippen LogP contribution in [0.25, 0.3) is 11.4 Å². The minimum absolute atomic E-state index is 0.00193. The summed E-state index contributed by atoms with van der Waals surface area (Å²) in [4.78, 5) is 33.5. The molecule has 0 aliphatic carbocycles. The van der Waals surface area contributed by atoms with Crippen molar-refractivity contribution in [2.75, 3.05) is 40.3 Å². The van der Waals surface area contributed by atoms with Gasteiger partial charge in [0.1, 0.15) is 5.82 Å². The van der Waals surface area contributed by atoms with Gasteiger partial charge < -0.3 is 19.6 Å². The molecule has 2 amide bonds. The van der Waals surface area contributed by atoms with Crippen molar-refractivity contribution >= 4 is 11.8 Å². The van der Waals surface area contributed by atoms with Crippen LogP contribution in [0.15, 0.2) is 22.7 Å². The number of benzene rings is 1. The number of nitrogens with one attached hydrogen (secondary N) is 1. The number of hydrogen-bond donors (Lipinski definition) is 1. The van der Waals surface area contributed by atoms with Crippen LogP contribution in [0.4, 0.5) is 4.39 Å². The quantitative estimate of drug-likeness (QED) is 0.602. The first-order valence-electron chi connectivity index (χ1n) is 11.8. The van der Waals surface area contributed by atoms with Gasteiger partial charge in [-0.2, -0.15) is 4.98 Å². The van der Waals surface area contributed by atoms with Gasteiger partial charge in [-0.05, 0) is 50.9 Å². The molecular formula is C25H36FN5O3. The summed E-state index contributed by atoms with van der Waals surface area (Å²) in [5, 5.41) is 6.99. The van der Waals surface area contributed by atoms with Crippen LogP contribution in [0.3, 0.4) is 0 Å². The van der Waals surface area contributed by atoms with Crippen molar-refractivity contribution in [3.63, 3.8) is 0 Å². The Morgan fingerprint density at radius 1 is 1.26 bits per heavy atom. The molecule has 1 fully saturated rings. The van der Waals surface area contributed by atoms with E-state index in [2.05, 4.69) is 34.2 Å². The molecule has 1 aromatic carbocycles. The number of halogens is 1. The van der Waals surface area contributed by atoms with Gasteiger partial charge in [-0.3, -0.25) is 9.59 Å². The molecular weight excluding hydrogens is 437 g/mol. The molecule has 1 saturated heterocycles. The Labute approximate surface area is 200 Å². The van der Waals surface area contributed by atoms with E-state index in [-0.39, 0.29) is 35.4 Å². The number of carbonyl (C=O) groups excluding carboxylic acids is 2. The lowest BCUT2D eigenvalue weighted by Gasteiger charge is -2.33. The number of rotatable bonds is 9. The summed E-state index contributed by atoms with van der Waals surface area (Å²) in [6, 6.07) is 4.78. The van der Waals surface area contributed by atoms with Crippen LogP contribution < -0.4 is 5.32 Å². The van der Waals surface area contributed by atoms with Crippen molar-refractivity contribution in [2.24, 2.45) is 11.3 Å². The lowest BCUT2D eigenvalue weighted by atomic mass is 9.91. The minimum Gasteiger partial charge on any atom is -0.355 e. The zero-order valence-corrected chi connectivity index (χ0v) is 20.9. The maximum Gasteiger partial charge on any atom is 0.227 e. The van der Waals surface area contributed by atoms with E-state index >= 15 is 0 Å². The largest absolute Gasteiger partial charge is 0.355 e. The zero-order valence-electron chi connectivity index (χ0n) is 20.9. The summed E-state index contributed by atoms with van der Waals surface area (Å²) in [6.07, 6.45) is 1.89.